The molecule has 0 radical (unpaired) electrons. The summed E-state index contributed by atoms with van der Waals surface area (Å²) in [7, 11) is 1.57. The summed E-state index contributed by atoms with van der Waals surface area (Å²) in [6.45, 7) is 0.480. The van der Waals surface area contributed by atoms with E-state index in [1.165, 1.54) is 0 Å². The molecule has 1 aromatic rings. The van der Waals surface area contributed by atoms with Crippen LogP contribution < -0.4 is 16.0 Å². The van der Waals surface area contributed by atoms with Gasteiger partial charge in [0.2, 0.25) is 0 Å². The maximum atomic E-state index is 11.5. The van der Waals surface area contributed by atoms with E-state index in [2.05, 4.69) is 26.6 Å². The molecular weight excluding hydrogens is 286 g/mol. The minimum atomic E-state index is -0.128. The fourth-order valence-electron chi connectivity index (χ4n) is 1.18. The Hall–Kier alpha value is -1.40. The maximum absolute atomic E-state index is 11.5. The summed E-state index contributed by atoms with van der Waals surface area (Å²) in [5.74, 6) is -0.224. The zero-order chi connectivity index (χ0) is 12.7. The van der Waals surface area contributed by atoms with Crippen molar-refractivity contribution < 1.29 is 14.9 Å². The SMILES string of the molecule is CNC(=O)C[NH2+]CC(=O)Nc1ccc(Br)cc1. The Morgan fingerprint density at radius 2 is 1.76 bits per heavy atom. The number of hydrogen-bond donors (Lipinski definition) is 3. The molecule has 0 aliphatic carbocycles. The van der Waals surface area contributed by atoms with Gasteiger partial charge in [-0.1, -0.05) is 15.9 Å². The highest BCUT2D eigenvalue weighted by Gasteiger charge is 2.06. The number of amides is 2. The van der Waals surface area contributed by atoms with Crippen LogP contribution in [-0.4, -0.2) is 32.0 Å². The average Bonchev–Trinajstić information content (AvgIpc) is 2.32. The van der Waals surface area contributed by atoms with E-state index in [0.29, 0.717) is 0 Å². The van der Waals surface area contributed by atoms with Crippen LogP contribution in [0, 0.1) is 0 Å². The molecule has 2 amide bonds. The largest absolute Gasteiger partial charge is 0.354 e. The van der Waals surface area contributed by atoms with Crippen LogP contribution >= 0.6 is 15.9 Å². The fraction of sp³-hybridized carbons (Fsp3) is 0.273. The van der Waals surface area contributed by atoms with Crippen LogP contribution in [0.5, 0.6) is 0 Å². The standard InChI is InChI=1S/C11H14BrN3O2/c1-13-10(16)6-14-7-11(17)15-9-4-2-8(12)3-5-9/h2-5,14H,6-7H2,1H3,(H,13,16)(H,15,17)/p+1. The molecule has 4 N–H and O–H groups in total. The number of quaternary nitrogens is 1. The fourth-order valence-corrected chi connectivity index (χ4v) is 1.45. The van der Waals surface area contributed by atoms with Crippen molar-refractivity contribution in [2.75, 3.05) is 25.5 Å². The molecule has 6 heteroatoms. The molecule has 0 saturated carbocycles. The molecule has 0 aromatic heterocycles. The summed E-state index contributed by atoms with van der Waals surface area (Å²) >= 11 is 3.31. The van der Waals surface area contributed by atoms with Crippen LogP contribution in [0.3, 0.4) is 0 Å². The second-order valence-electron chi connectivity index (χ2n) is 3.43. The summed E-state index contributed by atoms with van der Waals surface area (Å²) in [5, 5.41) is 6.87. The van der Waals surface area contributed by atoms with Gasteiger partial charge in [-0.25, -0.2) is 0 Å². The van der Waals surface area contributed by atoms with Crippen molar-refractivity contribution in [2.45, 2.75) is 0 Å². The van der Waals surface area contributed by atoms with Crippen molar-refractivity contribution in [3.05, 3.63) is 28.7 Å². The van der Waals surface area contributed by atoms with Crippen molar-refractivity contribution in [3.63, 3.8) is 0 Å². The molecule has 1 aromatic carbocycles. The summed E-state index contributed by atoms with van der Waals surface area (Å²) in [6, 6.07) is 7.31. The van der Waals surface area contributed by atoms with Crippen molar-refractivity contribution in [3.8, 4) is 0 Å². The molecule has 0 atom stereocenters. The van der Waals surface area contributed by atoms with Gasteiger partial charge in [0, 0.05) is 17.2 Å². The minimum absolute atomic E-state index is 0.0959. The molecule has 0 fully saturated rings. The third kappa shape index (κ3) is 5.46. The molecule has 0 aliphatic rings. The molecule has 1 rings (SSSR count). The van der Waals surface area contributed by atoms with Crippen molar-refractivity contribution in [2.24, 2.45) is 0 Å². The van der Waals surface area contributed by atoms with Crippen LogP contribution in [0.25, 0.3) is 0 Å². The Morgan fingerprint density at radius 1 is 1.18 bits per heavy atom. The third-order valence-electron chi connectivity index (χ3n) is 2.07. The number of halogens is 1. The van der Waals surface area contributed by atoms with E-state index in [1.54, 1.807) is 24.5 Å². The molecule has 0 bridgehead atoms. The highest BCUT2D eigenvalue weighted by molar-refractivity contribution is 9.10. The maximum Gasteiger partial charge on any atom is 0.279 e. The Morgan fingerprint density at radius 3 is 2.35 bits per heavy atom. The van der Waals surface area contributed by atoms with E-state index >= 15 is 0 Å². The lowest BCUT2D eigenvalue weighted by Gasteiger charge is -2.04. The number of carbonyl (C=O) groups excluding carboxylic acids is 2. The number of carbonyl (C=O) groups is 2. The summed E-state index contributed by atoms with van der Waals surface area (Å²) in [4.78, 5) is 22.4. The Balaban J connectivity index is 2.30. The van der Waals surface area contributed by atoms with E-state index in [1.807, 2.05) is 12.1 Å². The molecule has 0 spiro atoms. The number of anilines is 1. The quantitative estimate of drug-likeness (QED) is 0.698. The monoisotopic (exact) mass is 300 g/mol. The van der Waals surface area contributed by atoms with Crippen LogP contribution in [0.2, 0.25) is 0 Å². The van der Waals surface area contributed by atoms with Crippen LogP contribution in [0.4, 0.5) is 5.69 Å². The average molecular weight is 301 g/mol. The molecule has 0 saturated heterocycles. The van der Waals surface area contributed by atoms with Crippen molar-refractivity contribution in [1.29, 1.82) is 0 Å². The topological polar surface area (TPSA) is 74.8 Å². The van der Waals surface area contributed by atoms with Gasteiger partial charge in [0.05, 0.1) is 0 Å². The number of rotatable bonds is 5. The van der Waals surface area contributed by atoms with Gasteiger partial charge >= 0.3 is 0 Å². The van der Waals surface area contributed by atoms with Gasteiger partial charge in [-0.2, -0.15) is 0 Å². The number of nitrogens with two attached hydrogens (primary N) is 1. The lowest BCUT2D eigenvalue weighted by molar-refractivity contribution is -0.632. The minimum Gasteiger partial charge on any atom is -0.354 e. The van der Waals surface area contributed by atoms with Gasteiger partial charge in [-0.05, 0) is 24.3 Å². The first kappa shape index (κ1) is 13.7. The molecule has 17 heavy (non-hydrogen) atoms. The van der Waals surface area contributed by atoms with E-state index in [4.69, 9.17) is 0 Å². The second kappa shape index (κ2) is 7.03. The summed E-state index contributed by atoms with van der Waals surface area (Å²) in [5.41, 5.74) is 0.742. The van der Waals surface area contributed by atoms with Crippen molar-refractivity contribution >= 4 is 33.4 Å². The summed E-state index contributed by atoms with van der Waals surface area (Å²) in [6.07, 6.45) is 0. The van der Waals surface area contributed by atoms with Gasteiger partial charge in [-0.3, -0.25) is 9.59 Å². The smallest absolute Gasteiger partial charge is 0.279 e. The Bertz CT molecular complexity index is 392. The zero-order valence-electron chi connectivity index (χ0n) is 9.50. The summed E-state index contributed by atoms with van der Waals surface area (Å²) < 4.78 is 0.960. The van der Waals surface area contributed by atoms with Crippen LogP contribution in [0.15, 0.2) is 28.7 Å². The van der Waals surface area contributed by atoms with E-state index in [0.717, 1.165) is 10.2 Å². The number of hydrogen-bond acceptors (Lipinski definition) is 2. The molecule has 5 nitrogen and oxygen atoms in total. The van der Waals surface area contributed by atoms with Crippen LogP contribution in [-0.2, 0) is 9.59 Å². The molecule has 92 valence electrons. The predicted octanol–water partition coefficient (Wildman–Crippen LogP) is -0.303. The first-order valence-corrected chi connectivity index (χ1v) is 5.99. The van der Waals surface area contributed by atoms with Gasteiger partial charge in [0.15, 0.2) is 13.1 Å². The zero-order valence-corrected chi connectivity index (χ0v) is 11.1. The molecule has 0 unspecified atom stereocenters. The van der Waals surface area contributed by atoms with Gasteiger partial charge < -0.3 is 16.0 Å². The first-order valence-electron chi connectivity index (χ1n) is 5.19. The number of benzene rings is 1. The van der Waals surface area contributed by atoms with Crippen LogP contribution in [0.1, 0.15) is 0 Å². The highest BCUT2D eigenvalue weighted by atomic mass is 79.9. The third-order valence-corrected chi connectivity index (χ3v) is 2.59. The normalized spacial score (nSPS) is 9.76. The Labute approximate surface area is 108 Å². The lowest BCUT2D eigenvalue weighted by atomic mass is 10.3. The highest BCUT2D eigenvalue weighted by Crippen LogP contribution is 2.13. The van der Waals surface area contributed by atoms with E-state index < -0.39 is 0 Å². The van der Waals surface area contributed by atoms with Gasteiger partial charge in [0.25, 0.3) is 11.8 Å². The molecular formula is C11H15BrN3O2+. The number of likely N-dealkylation sites (N-methyl/N-ethyl adjacent to an activating group) is 1. The predicted molar refractivity (Wildman–Crippen MR) is 68.5 cm³/mol. The van der Waals surface area contributed by atoms with Gasteiger partial charge in [0.1, 0.15) is 0 Å². The van der Waals surface area contributed by atoms with E-state index in [-0.39, 0.29) is 24.9 Å². The van der Waals surface area contributed by atoms with Gasteiger partial charge in [-0.15, -0.1) is 0 Å². The first-order chi connectivity index (χ1) is 8.11. The lowest BCUT2D eigenvalue weighted by Crippen LogP contribution is -2.88. The second-order valence-corrected chi connectivity index (χ2v) is 4.34. The number of nitrogens with one attached hydrogen (secondary N) is 2. The Kier molecular flexibility index (Phi) is 5.65. The van der Waals surface area contributed by atoms with E-state index in [9.17, 15) is 9.59 Å². The molecule has 0 heterocycles. The molecule has 0 aliphatic heterocycles. The van der Waals surface area contributed by atoms with Crippen molar-refractivity contribution in [1.82, 2.24) is 5.32 Å².